The average Bonchev–Trinajstić information content (AvgIpc) is 2.14. The molecule has 0 radical (unpaired) electrons. The van der Waals surface area contributed by atoms with Crippen LogP contribution in [-0.4, -0.2) is 24.5 Å². The van der Waals surface area contributed by atoms with Gasteiger partial charge in [0.25, 0.3) is 0 Å². The van der Waals surface area contributed by atoms with Crippen LogP contribution < -0.4 is 10.6 Å². The van der Waals surface area contributed by atoms with Crippen LogP contribution in [0.25, 0.3) is 0 Å². The molecule has 0 aliphatic rings. The van der Waals surface area contributed by atoms with Gasteiger partial charge in [-0.25, -0.2) is 0 Å². The van der Waals surface area contributed by atoms with E-state index < -0.39 is 0 Å². The summed E-state index contributed by atoms with van der Waals surface area (Å²) in [6, 6.07) is 0.215. The predicted molar refractivity (Wildman–Crippen MR) is 60.3 cm³/mol. The molecule has 2 atom stereocenters. The Morgan fingerprint density at radius 2 is 1.86 bits per heavy atom. The van der Waals surface area contributed by atoms with E-state index in [4.69, 9.17) is 0 Å². The first-order chi connectivity index (χ1) is 6.61. The van der Waals surface area contributed by atoms with Crippen molar-refractivity contribution in [3.05, 3.63) is 0 Å². The van der Waals surface area contributed by atoms with Crippen LogP contribution in [0.3, 0.4) is 0 Å². The number of hydrogen-bond donors (Lipinski definition) is 2. The molecule has 14 heavy (non-hydrogen) atoms. The molecule has 0 fully saturated rings. The Kier molecular flexibility index (Phi) is 7.48. The molecule has 3 nitrogen and oxygen atoms in total. The highest BCUT2D eigenvalue weighted by molar-refractivity contribution is 5.81. The molecule has 0 bridgehead atoms. The summed E-state index contributed by atoms with van der Waals surface area (Å²) in [7, 11) is 0. The van der Waals surface area contributed by atoms with E-state index in [-0.39, 0.29) is 11.9 Å². The Morgan fingerprint density at radius 3 is 2.36 bits per heavy atom. The molecule has 3 heteroatoms. The van der Waals surface area contributed by atoms with Crippen molar-refractivity contribution >= 4 is 5.91 Å². The van der Waals surface area contributed by atoms with Crippen LogP contribution in [0.15, 0.2) is 0 Å². The normalized spacial score (nSPS) is 14.9. The van der Waals surface area contributed by atoms with E-state index in [1.165, 1.54) is 0 Å². The van der Waals surface area contributed by atoms with Gasteiger partial charge in [-0.2, -0.15) is 0 Å². The van der Waals surface area contributed by atoms with Gasteiger partial charge >= 0.3 is 0 Å². The summed E-state index contributed by atoms with van der Waals surface area (Å²) >= 11 is 0. The van der Waals surface area contributed by atoms with Crippen LogP contribution in [0.5, 0.6) is 0 Å². The fraction of sp³-hybridized carbons (Fsp3) is 0.909. The van der Waals surface area contributed by atoms with E-state index in [2.05, 4.69) is 24.5 Å². The second kappa shape index (κ2) is 7.80. The molecule has 0 spiro atoms. The summed E-state index contributed by atoms with van der Waals surface area (Å²) in [4.78, 5) is 11.6. The Morgan fingerprint density at radius 1 is 1.21 bits per heavy atom. The van der Waals surface area contributed by atoms with Crippen LogP contribution >= 0.6 is 0 Å². The smallest absolute Gasteiger partial charge is 0.237 e. The molecule has 0 aliphatic carbocycles. The third-order valence-electron chi connectivity index (χ3n) is 2.20. The Labute approximate surface area is 87.6 Å². The van der Waals surface area contributed by atoms with Gasteiger partial charge in [0.1, 0.15) is 0 Å². The second-order valence-corrected chi connectivity index (χ2v) is 3.87. The molecule has 0 rings (SSSR count). The monoisotopic (exact) mass is 200 g/mol. The highest BCUT2D eigenvalue weighted by atomic mass is 16.2. The van der Waals surface area contributed by atoms with Crippen molar-refractivity contribution in [3.8, 4) is 0 Å². The van der Waals surface area contributed by atoms with Gasteiger partial charge in [0.15, 0.2) is 0 Å². The van der Waals surface area contributed by atoms with Crippen LogP contribution in [0, 0.1) is 0 Å². The maximum absolute atomic E-state index is 11.6. The molecule has 84 valence electrons. The first-order valence-corrected chi connectivity index (χ1v) is 5.65. The lowest BCUT2D eigenvalue weighted by Gasteiger charge is -2.17. The maximum atomic E-state index is 11.6. The van der Waals surface area contributed by atoms with Gasteiger partial charge < -0.3 is 10.6 Å². The number of carbonyl (C=O) groups is 1. The fourth-order valence-electron chi connectivity index (χ4n) is 1.33. The first-order valence-electron chi connectivity index (χ1n) is 5.65. The SMILES string of the molecule is CCCNC(C)C(=O)NC(C)CCC. The quantitative estimate of drug-likeness (QED) is 0.656. The first kappa shape index (κ1) is 13.4. The zero-order valence-electron chi connectivity index (χ0n) is 9.89. The van der Waals surface area contributed by atoms with Gasteiger partial charge in [-0.1, -0.05) is 20.3 Å². The molecule has 1 amide bonds. The number of nitrogens with one attached hydrogen (secondary N) is 2. The van der Waals surface area contributed by atoms with Crippen molar-refractivity contribution in [1.82, 2.24) is 10.6 Å². The van der Waals surface area contributed by atoms with Gasteiger partial charge in [0.2, 0.25) is 5.91 Å². The van der Waals surface area contributed by atoms with Gasteiger partial charge in [-0.15, -0.1) is 0 Å². The van der Waals surface area contributed by atoms with Crippen molar-refractivity contribution < 1.29 is 4.79 Å². The van der Waals surface area contributed by atoms with Gasteiger partial charge in [0.05, 0.1) is 6.04 Å². The van der Waals surface area contributed by atoms with E-state index in [0.717, 1.165) is 25.8 Å². The molecule has 0 heterocycles. The minimum atomic E-state index is -0.0748. The molecular weight excluding hydrogens is 176 g/mol. The summed E-state index contributed by atoms with van der Waals surface area (Å²) in [6.07, 6.45) is 3.21. The third kappa shape index (κ3) is 5.97. The molecule has 0 saturated heterocycles. The average molecular weight is 200 g/mol. The van der Waals surface area contributed by atoms with Crippen molar-refractivity contribution in [1.29, 1.82) is 0 Å². The number of carbonyl (C=O) groups excluding carboxylic acids is 1. The lowest BCUT2D eigenvalue weighted by atomic mass is 10.2. The lowest BCUT2D eigenvalue weighted by molar-refractivity contribution is -0.123. The van der Waals surface area contributed by atoms with Crippen LogP contribution in [-0.2, 0) is 4.79 Å². The predicted octanol–water partition coefficient (Wildman–Crippen LogP) is 1.68. The van der Waals surface area contributed by atoms with Crippen LogP contribution in [0.4, 0.5) is 0 Å². The molecule has 2 unspecified atom stereocenters. The summed E-state index contributed by atoms with van der Waals surface area (Å²) in [6.45, 7) is 9.08. The zero-order chi connectivity index (χ0) is 11.0. The Balaban J connectivity index is 3.71. The van der Waals surface area contributed by atoms with Crippen molar-refractivity contribution in [3.63, 3.8) is 0 Å². The highest BCUT2D eigenvalue weighted by Gasteiger charge is 2.13. The molecule has 0 aromatic heterocycles. The number of amides is 1. The molecule has 0 aliphatic heterocycles. The van der Waals surface area contributed by atoms with Gasteiger partial charge in [0, 0.05) is 6.04 Å². The minimum absolute atomic E-state index is 0.0748. The van der Waals surface area contributed by atoms with Crippen LogP contribution in [0.2, 0.25) is 0 Å². The largest absolute Gasteiger partial charge is 0.352 e. The fourth-order valence-corrected chi connectivity index (χ4v) is 1.33. The van der Waals surface area contributed by atoms with Crippen molar-refractivity contribution in [2.45, 2.75) is 59.0 Å². The van der Waals surface area contributed by atoms with Crippen molar-refractivity contribution in [2.75, 3.05) is 6.54 Å². The van der Waals surface area contributed by atoms with E-state index in [9.17, 15) is 4.79 Å². The molecular formula is C11H24N2O. The van der Waals surface area contributed by atoms with Crippen molar-refractivity contribution in [2.24, 2.45) is 0 Å². The molecule has 0 aromatic carbocycles. The number of rotatable bonds is 7. The van der Waals surface area contributed by atoms with Gasteiger partial charge in [-0.05, 0) is 33.2 Å². The Bertz CT molecular complexity index is 159. The summed E-state index contributed by atoms with van der Waals surface area (Å²) in [5.74, 6) is 0.111. The molecule has 2 N–H and O–H groups in total. The third-order valence-corrected chi connectivity index (χ3v) is 2.20. The summed E-state index contributed by atoms with van der Waals surface area (Å²) in [5, 5.41) is 6.16. The maximum Gasteiger partial charge on any atom is 0.237 e. The van der Waals surface area contributed by atoms with E-state index >= 15 is 0 Å². The minimum Gasteiger partial charge on any atom is -0.352 e. The van der Waals surface area contributed by atoms with Gasteiger partial charge in [-0.3, -0.25) is 4.79 Å². The highest BCUT2D eigenvalue weighted by Crippen LogP contribution is 1.95. The summed E-state index contributed by atoms with van der Waals surface area (Å²) < 4.78 is 0. The van der Waals surface area contributed by atoms with E-state index in [1.807, 2.05) is 13.8 Å². The number of hydrogen-bond acceptors (Lipinski definition) is 2. The Hall–Kier alpha value is -0.570. The topological polar surface area (TPSA) is 41.1 Å². The second-order valence-electron chi connectivity index (χ2n) is 3.87. The molecule has 0 saturated carbocycles. The standard InChI is InChI=1S/C11H24N2O/c1-5-7-9(3)13-11(14)10(4)12-8-6-2/h9-10,12H,5-8H2,1-4H3,(H,13,14). The summed E-state index contributed by atoms with van der Waals surface area (Å²) in [5.41, 5.74) is 0. The zero-order valence-corrected chi connectivity index (χ0v) is 9.89. The lowest BCUT2D eigenvalue weighted by Crippen LogP contribution is -2.45. The molecule has 0 aromatic rings. The van der Waals surface area contributed by atoms with E-state index in [1.54, 1.807) is 0 Å². The van der Waals surface area contributed by atoms with E-state index in [0.29, 0.717) is 6.04 Å². The van der Waals surface area contributed by atoms with Crippen LogP contribution in [0.1, 0.15) is 47.0 Å².